The average Bonchev–Trinajstić information content (AvgIpc) is 3.26. The Morgan fingerprint density at radius 3 is 2.39 bits per heavy atom. The number of rotatable bonds is 8. The van der Waals surface area contributed by atoms with Crippen molar-refractivity contribution < 1.29 is 17.9 Å². The monoisotopic (exact) mass is 439 g/mol. The molecule has 0 unspecified atom stereocenters. The maximum absolute atomic E-state index is 13.2. The molecule has 1 aromatic heterocycles. The minimum absolute atomic E-state index is 0.168. The van der Waals surface area contributed by atoms with Crippen LogP contribution in [0.1, 0.15) is 19.4 Å². The van der Waals surface area contributed by atoms with Crippen molar-refractivity contribution in [1.29, 1.82) is 0 Å². The van der Waals surface area contributed by atoms with E-state index in [2.05, 4.69) is 9.88 Å². The van der Waals surface area contributed by atoms with E-state index < -0.39 is 10.0 Å². The summed E-state index contributed by atoms with van der Waals surface area (Å²) in [6.45, 7) is 5.77. The van der Waals surface area contributed by atoms with Gasteiger partial charge in [0.25, 0.3) is 10.0 Å². The highest BCUT2D eigenvalue weighted by Crippen LogP contribution is 2.33. The van der Waals surface area contributed by atoms with Crippen LogP contribution in [0.2, 0.25) is 0 Å². The van der Waals surface area contributed by atoms with Crippen LogP contribution >= 0.6 is 0 Å². The molecule has 2 heterocycles. The van der Waals surface area contributed by atoms with Crippen LogP contribution in [0.3, 0.4) is 0 Å². The summed E-state index contributed by atoms with van der Waals surface area (Å²) in [5.41, 5.74) is 1.69. The zero-order valence-corrected chi connectivity index (χ0v) is 18.4. The number of hydrogen-bond acceptors (Lipinski definition) is 6. The first-order chi connectivity index (χ1) is 15.0. The third-order valence-corrected chi connectivity index (χ3v) is 7.04. The molecule has 8 heteroatoms. The van der Waals surface area contributed by atoms with Gasteiger partial charge in [-0.25, -0.2) is 13.4 Å². The SMILES string of the molecule is CCN(Cc1ccc2c(c1)OCO2)c1ccc(S(=O)(=O)N(CC)c2ccccc2)cn1. The largest absolute Gasteiger partial charge is 0.454 e. The van der Waals surface area contributed by atoms with Crippen molar-refractivity contribution in [3.8, 4) is 11.5 Å². The van der Waals surface area contributed by atoms with Gasteiger partial charge in [-0.2, -0.15) is 0 Å². The second-order valence-corrected chi connectivity index (χ2v) is 8.92. The number of ether oxygens (including phenoxy) is 2. The van der Waals surface area contributed by atoms with Crippen molar-refractivity contribution in [2.45, 2.75) is 25.3 Å². The lowest BCUT2D eigenvalue weighted by atomic mass is 10.2. The first-order valence-electron chi connectivity index (χ1n) is 10.2. The van der Waals surface area contributed by atoms with Crippen LogP contribution in [0.5, 0.6) is 11.5 Å². The van der Waals surface area contributed by atoms with E-state index in [1.54, 1.807) is 24.3 Å². The molecule has 0 fully saturated rings. The molecule has 0 bridgehead atoms. The van der Waals surface area contributed by atoms with Crippen LogP contribution in [0.25, 0.3) is 0 Å². The van der Waals surface area contributed by atoms with Crippen LogP contribution in [0.15, 0.2) is 71.8 Å². The normalized spacial score (nSPS) is 12.6. The number of sulfonamides is 1. The Labute approximate surface area is 182 Å². The second-order valence-electron chi connectivity index (χ2n) is 7.06. The summed E-state index contributed by atoms with van der Waals surface area (Å²) in [6, 6.07) is 18.3. The average molecular weight is 440 g/mol. The van der Waals surface area contributed by atoms with Crippen molar-refractivity contribution >= 4 is 21.5 Å². The van der Waals surface area contributed by atoms with Crippen molar-refractivity contribution in [2.75, 3.05) is 29.1 Å². The molecule has 0 saturated heterocycles. The lowest BCUT2D eigenvalue weighted by Crippen LogP contribution is -2.31. The van der Waals surface area contributed by atoms with Gasteiger partial charge in [-0.05, 0) is 55.8 Å². The fraction of sp³-hybridized carbons (Fsp3) is 0.261. The molecule has 0 atom stereocenters. The van der Waals surface area contributed by atoms with E-state index in [1.165, 1.54) is 10.5 Å². The van der Waals surface area contributed by atoms with E-state index in [0.29, 0.717) is 24.6 Å². The summed E-state index contributed by atoms with van der Waals surface area (Å²) in [4.78, 5) is 6.70. The van der Waals surface area contributed by atoms with Gasteiger partial charge in [0.15, 0.2) is 11.5 Å². The Morgan fingerprint density at radius 1 is 0.935 bits per heavy atom. The highest BCUT2D eigenvalue weighted by Gasteiger charge is 2.24. The molecule has 0 N–H and O–H groups in total. The van der Waals surface area contributed by atoms with Crippen LogP contribution in [-0.2, 0) is 16.6 Å². The van der Waals surface area contributed by atoms with Gasteiger partial charge in [0, 0.05) is 25.8 Å². The fourth-order valence-electron chi connectivity index (χ4n) is 3.54. The van der Waals surface area contributed by atoms with E-state index in [0.717, 1.165) is 23.6 Å². The van der Waals surface area contributed by atoms with Crippen LogP contribution < -0.4 is 18.7 Å². The Bertz CT molecular complexity index is 1140. The third-order valence-electron chi connectivity index (χ3n) is 5.16. The minimum atomic E-state index is -3.70. The maximum atomic E-state index is 13.2. The number of anilines is 2. The zero-order valence-electron chi connectivity index (χ0n) is 17.6. The highest BCUT2D eigenvalue weighted by molar-refractivity contribution is 7.92. The molecule has 3 aromatic rings. The molecule has 0 spiro atoms. The first kappa shape index (κ1) is 21.0. The molecule has 0 amide bonds. The molecule has 2 aromatic carbocycles. The molecule has 0 radical (unpaired) electrons. The van der Waals surface area contributed by atoms with Gasteiger partial charge in [0.1, 0.15) is 10.7 Å². The summed E-state index contributed by atoms with van der Waals surface area (Å²) in [5.74, 6) is 2.20. The first-order valence-corrected chi connectivity index (χ1v) is 11.6. The van der Waals surface area contributed by atoms with Crippen molar-refractivity contribution in [1.82, 2.24) is 4.98 Å². The molecule has 162 valence electrons. The molecule has 0 aliphatic carbocycles. The number of benzene rings is 2. The van der Waals surface area contributed by atoms with Crippen LogP contribution in [-0.4, -0.2) is 33.3 Å². The van der Waals surface area contributed by atoms with E-state index in [9.17, 15) is 8.42 Å². The number of pyridine rings is 1. The summed E-state index contributed by atoms with van der Waals surface area (Å²) in [5, 5.41) is 0. The van der Waals surface area contributed by atoms with Gasteiger partial charge in [-0.15, -0.1) is 0 Å². The molecule has 4 rings (SSSR count). The van der Waals surface area contributed by atoms with E-state index in [-0.39, 0.29) is 11.7 Å². The third kappa shape index (κ3) is 4.29. The smallest absolute Gasteiger partial charge is 0.265 e. The number of aromatic nitrogens is 1. The second kappa shape index (κ2) is 8.85. The Hall–Kier alpha value is -3.26. The molecular formula is C23H25N3O4S. The molecule has 0 saturated carbocycles. The lowest BCUT2D eigenvalue weighted by Gasteiger charge is -2.24. The summed E-state index contributed by atoms with van der Waals surface area (Å²) >= 11 is 0. The van der Waals surface area contributed by atoms with Crippen molar-refractivity contribution in [2.24, 2.45) is 0 Å². The predicted molar refractivity (Wildman–Crippen MR) is 120 cm³/mol. The molecular weight excluding hydrogens is 414 g/mol. The summed E-state index contributed by atoms with van der Waals surface area (Å²) in [7, 11) is -3.70. The van der Waals surface area contributed by atoms with Crippen molar-refractivity contribution in [3.63, 3.8) is 0 Å². The van der Waals surface area contributed by atoms with Gasteiger partial charge >= 0.3 is 0 Å². The van der Waals surface area contributed by atoms with E-state index in [4.69, 9.17) is 9.47 Å². The van der Waals surface area contributed by atoms with Gasteiger partial charge in [0.2, 0.25) is 6.79 Å². The topological polar surface area (TPSA) is 72.0 Å². The van der Waals surface area contributed by atoms with Gasteiger partial charge in [-0.3, -0.25) is 4.31 Å². The quantitative estimate of drug-likeness (QED) is 0.527. The number of para-hydroxylation sites is 1. The number of hydrogen-bond donors (Lipinski definition) is 0. The fourth-order valence-corrected chi connectivity index (χ4v) is 4.96. The minimum Gasteiger partial charge on any atom is -0.454 e. The molecule has 1 aliphatic rings. The van der Waals surface area contributed by atoms with Gasteiger partial charge in [0.05, 0.1) is 5.69 Å². The van der Waals surface area contributed by atoms with Crippen LogP contribution in [0.4, 0.5) is 11.5 Å². The summed E-state index contributed by atoms with van der Waals surface area (Å²) < 4.78 is 38.5. The summed E-state index contributed by atoms with van der Waals surface area (Å²) in [6.07, 6.45) is 1.43. The Balaban J connectivity index is 1.54. The van der Waals surface area contributed by atoms with E-state index >= 15 is 0 Å². The lowest BCUT2D eigenvalue weighted by molar-refractivity contribution is 0.174. The van der Waals surface area contributed by atoms with Gasteiger partial charge < -0.3 is 14.4 Å². The Kier molecular flexibility index (Phi) is 5.99. The maximum Gasteiger partial charge on any atom is 0.265 e. The number of nitrogens with zero attached hydrogens (tertiary/aromatic N) is 3. The number of fused-ring (bicyclic) bond motifs is 1. The zero-order chi connectivity index (χ0) is 21.8. The van der Waals surface area contributed by atoms with Crippen LogP contribution in [0, 0.1) is 0 Å². The highest BCUT2D eigenvalue weighted by atomic mass is 32.2. The molecule has 7 nitrogen and oxygen atoms in total. The predicted octanol–water partition coefficient (Wildman–Crippen LogP) is 4.05. The van der Waals surface area contributed by atoms with Gasteiger partial charge in [-0.1, -0.05) is 24.3 Å². The van der Waals surface area contributed by atoms with Crippen molar-refractivity contribution in [3.05, 3.63) is 72.4 Å². The molecule has 31 heavy (non-hydrogen) atoms. The molecule has 1 aliphatic heterocycles. The van der Waals surface area contributed by atoms with E-state index in [1.807, 2.05) is 50.2 Å². The standard InChI is InChI=1S/C23H25N3O4S/c1-3-25(16-18-10-12-21-22(14-18)30-17-29-21)23-13-11-20(15-24-23)31(27,28)26(4-2)19-8-6-5-7-9-19/h5-15H,3-4,16-17H2,1-2H3. The Morgan fingerprint density at radius 2 is 1.71 bits per heavy atom.